The summed E-state index contributed by atoms with van der Waals surface area (Å²) in [6, 6.07) is 12.5. The van der Waals surface area contributed by atoms with Gasteiger partial charge >= 0.3 is 0 Å². The van der Waals surface area contributed by atoms with Crippen molar-refractivity contribution in [2.24, 2.45) is 0 Å². The van der Waals surface area contributed by atoms with Gasteiger partial charge in [0.1, 0.15) is 0 Å². The highest BCUT2D eigenvalue weighted by molar-refractivity contribution is 7.98. The van der Waals surface area contributed by atoms with Crippen LogP contribution in [0, 0.1) is 0 Å². The van der Waals surface area contributed by atoms with Crippen molar-refractivity contribution in [2.45, 2.75) is 11.1 Å². The molecule has 1 atom stereocenters. The molecule has 4 nitrogen and oxygen atoms in total. The summed E-state index contributed by atoms with van der Waals surface area (Å²) in [6.07, 6.45) is 3.47. The molecule has 2 aromatic rings. The van der Waals surface area contributed by atoms with Crippen LogP contribution in [0.25, 0.3) is 0 Å². The number of nitrogens with one attached hydrogen (secondary N) is 1. The Morgan fingerprint density at radius 1 is 1.30 bits per heavy atom. The Bertz CT molecular complexity index is 558. The van der Waals surface area contributed by atoms with Crippen molar-refractivity contribution >= 4 is 17.7 Å². The molecule has 1 heterocycles. The molecule has 0 bridgehead atoms. The molecular weight excluding hydrogens is 272 g/mol. The van der Waals surface area contributed by atoms with Gasteiger partial charge < -0.3 is 10.4 Å². The van der Waals surface area contributed by atoms with E-state index < -0.39 is 6.04 Å². The number of aromatic nitrogens is 1. The van der Waals surface area contributed by atoms with E-state index in [0.717, 1.165) is 10.6 Å². The maximum atomic E-state index is 12.1. The summed E-state index contributed by atoms with van der Waals surface area (Å²) in [5.74, 6) is -0.243. The first-order valence-electron chi connectivity index (χ1n) is 6.21. The molecular formula is C15H16N2O2S. The first-order valence-corrected chi connectivity index (χ1v) is 7.43. The van der Waals surface area contributed by atoms with Crippen molar-refractivity contribution < 1.29 is 9.90 Å². The zero-order valence-corrected chi connectivity index (χ0v) is 11.9. The number of amides is 1. The first kappa shape index (κ1) is 14.6. The van der Waals surface area contributed by atoms with E-state index in [2.05, 4.69) is 10.3 Å². The second-order valence-corrected chi connectivity index (χ2v) is 5.04. The van der Waals surface area contributed by atoms with Crippen molar-refractivity contribution in [2.75, 3.05) is 12.9 Å². The summed E-state index contributed by atoms with van der Waals surface area (Å²) in [5, 5.41) is 13.1. The maximum Gasteiger partial charge on any atom is 0.253 e. The van der Waals surface area contributed by atoms with Crippen LogP contribution in [0.3, 0.4) is 0 Å². The van der Waals surface area contributed by atoms with Gasteiger partial charge in [-0.15, -0.1) is 11.8 Å². The molecule has 1 amide bonds. The minimum Gasteiger partial charge on any atom is -0.394 e. The largest absolute Gasteiger partial charge is 0.394 e. The lowest BCUT2D eigenvalue weighted by molar-refractivity contribution is 0.0915. The summed E-state index contributed by atoms with van der Waals surface area (Å²) in [7, 11) is 0. The van der Waals surface area contributed by atoms with Crippen LogP contribution in [0.4, 0.5) is 0 Å². The zero-order valence-electron chi connectivity index (χ0n) is 11.1. The molecule has 1 unspecified atom stereocenters. The number of thioether (sulfide) groups is 1. The van der Waals surface area contributed by atoms with E-state index in [-0.39, 0.29) is 12.5 Å². The standard InChI is InChI=1S/C15H16N2O2S/c1-20-14-8-7-12(9-16-14)15(19)17-13(10-18)11-5-3-2-4-6-11/h2-9,13,18H,10H2,1H3,(H,17,19). The third-order valence-electron chi connectivity index (χ3n) is 2.90. The predicted octanol–water partition coefficient (Wildman–Crippen LogP) is 2.27. The highest BCUT2D eigenvalue weighted by Gasteiger charge is 2.14. The third kappa shape index (κ3) is 3.59. The van der Waals surface area contributed by atoms with E-state index in [1.807, 2.05) is 36.6 Å². The normalized spacial score (nSPS) is 11.9. The lowest BCUT2D eigenvalue weighted by Crippen LogP contribution is -2.30. The molecule has 20 heavy (non-hydrogen) atoms. The van der Waals surface area contributed by atoms with Crippen LogP contribution in [0.1, 0.15) is 22.0 Å². The molecule has 0 radical (unpaired) electrons. The van der Waals surface area contributed by atoms with Crippen LogP contribution < -0.4 is 5.32 Å². The molecule has 0 aliphatic carbocycles. The van der Waals surface area contributed by atoms with Gasteiger partial charge in [-0.25, -0.2) is 4.98 Å². The molecule has 0 fully saturated rings. The number of hydrogen-bond acceptors (Lipinski definition) is 4. The Balaban J connectivity index is 2.09. The van der Waals surface area contributed by atoms with Crippen molar-refractivity contribution in [1.29, 1.82) is 0 Å². The number of aliphatic hydroxyl groups excluding tert-OH is 1. The van der Waals surface area contributed by atoms with Gasteiger partial charge in [0, 0.05) is 6.20 Å². The van der Waals surface area contributed by atoms with Crippen LogP contribution in [-0.4, -0.2) is 28.9 Å². The smallest absolute Gasteiger partial charge is 0.253 e. The average molecular weight is 288 g/mol. The molecule has 0 aliphatic rings. The summed E-state index contributed by atoms with van der Waals surface area (Å²) >= 11 is 1.52. The number of benzene rings is 1. The van der Waals surface area contributed by atoms with Gasteiger partial charge in [-0.1, -0.05) is 30.3 Å². The highest BCUT2D eigenvalue weighted by Crippen LogP contribution is 2.14. The quantitative estimate of drug-likeness (QED) is 0.829. The topological polar surface area (TPSA) is 62.2 Å². The van der Waals surface area contributed by atoms with Crippen LogP contribution in [0.2, 0.25) is 0 Å². The van der Waals surface area contributed by atoms with E-state index in [9.17, 15) is 9.90 Å². The maximum absolute atomic E-state index is 12.1. The Hall–Kier alpha value is -1.85. The molecule has 2 rings (SSSR count). The van der Waals surface area contributed by atoms with Gasteiger partial charge in [0.05, 0.1) is 23.2 Å². The predicted molar refractivity (Wildman–Crippen MR) is 79.8 cm³/mol. The van der Waals surface area contributed by atoms with Crippen LogP contribution in [0.15, 0.2) is 53.7 Å². The summed E-state index contributed by atoms with van der Waals surface area (Å²) in [4.78, 5) is 16.3. The number of nitrogens with zero attached hydrogens (tertiary/aromatic N) is 1. The Morgan fingerprint density at radius 3 is 2.60 bits per heavy atom. The fourth-order valence-electron chi connectivity index (χ4n) is 1.80. The van der Waals surface area contributed by atoms with Gasteiger partial charge in [-0.3, -0.25) is 4.79 Å². The van der Waals surface area contributed by atoms with Gasteiger partial charge in [0.2, 0.25) is 0 Å². The number of rotatable bonds is 5. The fourth-order valence-corrected chi connectivity index (χ4v) is 2.16. The minimum absolute atomic E-state index is 0.147. The van der Waals surface area contributed by atoms with Crippen molar-refractivity contribution in [3.63, 3.8) is 0 Å². The van der Waals surface area contributed by atoms with Crippen molar-refractivity contribution in [1.82, 2.24) is 10.3 Å². The molecule has 2 N–H and O–H groups in total. The Kier molecular flexibility index (Phi) is 5.15. The van der Waals surface area contributed by atoms with E-state index in [4.69, 9.17) is 0 Å². The van der Waals surface area contributed by atoms with Gasteiger partial charge in [-0.05, 0) is 24.0 Å². The molecule has 0 aliphatic heterocycles. The average Bonchev–Trinajstić information content (AvgIpc) is 2.53. The van der Waals surface area contributed by atoms with Crippen molar-refractivity contribution in [3.05, 3.63) is 59.8 Å². The van der Waals surface area contributed by atoms with Crippen LogP contribution in [0.5, 0.6) is 0 Å². The molecule has 0 spiro atoms. The monoisotopic (exact) mass is 288 g/mol. The second-order valence-electron chi connectivity index (χ2n) is 4.21. The van der Waals surface area contributed by atoms with E-state index in [1.54, 1.807) is 18.3 Å². The SMILES string of the molecule is CSc1ccc(C(=O)NC(CO)c2ccccc2)cn1. The lowest BCUT2D eigenvalue weighted by Gasteiger charge is -2.16. The first-order chi connectivity index (χ1) is 9.74. The molecule has 0 saturated heterocycles. The van der Waals surface area contributed by atoms with Gasteiger partial charge in [0.15, 0.2) is 0 Å². The number of pyridine rings is 1. The summed E-state index contributed by atoms with van der Waals surface area (Å²) < 4.78 is 0. The van der Waals surface area contributed by atoms with Crippen LogP contribution >= 0.6 is 11.8 Å². The number of hydrogen-bond donors (Lipinski definition) is 2. The second kappa shape index (κ2) is 7.07. The Morgan fingerprint density at radius 2 is 2.05 bits per heavy atom. The van der Waals surface area contributed by atoms with E-state index >= 15 is 0 Å². The summed E-state index contributed by atoms with van der Waals surface area (Å²) in [6.45, 7) is -0.147. The third-order valence-corrected chi connectivity index (χ3v) is 3.56. The number of carbonyl (C=O) groups excluding carboxylic acids is 1. The van der Waals surface area contributed by atoms with E-state index in [0.29, 0.717) is 5.56 Å². The molecule has 0 saturated carbocycles. The molecule has 1 aromatic heterocycles. The fraction of sp³-hybridized carbons (Fsp3) is 0.200. The molecule has 5 heteroatoms. The lowest BCUT2D eigenvalue weighted by atomic mass is 10.1. The molecule has 104 valence electrons. The number of aliphatic hydroxyl groups is 1. The molecule has 1 aromatic carbocycles. The minimum atomic E-state index is -0.413. The van der Waals surface area contributed by atoms with Crippen LogP contribution in [-0.2, 0) is 0 Å². The van der Waals surface area contributed by atoms with Crippen molar-refractivity contribution in [3.8, 4) is 0 Å². The Labute approximate surface area is 122 Å². The summed E-state index contributed by atoms with van der Waals surface area (Å²) in [5.41, 5.74) is 1.36. The van der Waals surface area contributed by atoms with Gasteiger partial charge in [-0.2, -0.15) is 0 Å². The number of carbonyl (C=O) groups is 1. The zero-order chi connectivity index (χ0) is 14.4. The van der Waals surface area contributed by atoms with E-state index in [1.165, 1.54) is 11.8 Å². The highest BCUT2D eigenvalue weighted by atomic mass is 32.2. The van der Waals surface area contributed by atoms with Gasteiger partial charge in [0.25, 0.3) is 5.91 Å².